The third-order valence-electron chi connectivity index (χ3n) is 8.58. The maximum Gasteiger partial charge on any atom is 0.164 e. The minimum absolute atomic E-state index is 0.647. The lowest BCUT2D eigenvalue weighted by atomic mass is 10.0. The number of aromatic nitrogens is 4. The van der Waals surface area contributed by atoms with Crippen LogP contribution in [0.25, 0.3) is 83.2 Å². The Hall–Kier alpha value is -6.13. The van der Waals surface area contributed by atoms with Gasteiger partial charge in [-0.3, -0.25) is 0 Å². The summed E-state index contributed by atoms with van der Waals surface area (Å²) in [5.74, 6) is 1.96. The fourth-order valence-electron chi connectivity index (χ4n) is 6.36. The van der Waals surface area contributed by atoms with Crippen LogP contribution in [0.3, 0.4) is 0 Å². The molecule has 0 unspecified atom stereocenters. The highest BCUT2D eigenvalue weighted by Gasteiger charge is 2.16. The molecule has 0 radical (unpaired) electrons. The van der Waals surface area contributed by atoms with Gasteiger partial charge in [0.25, 0.3) is 0 Å². The molecule has 7 aromatic carbocycles. The van der Waals surface area contributed by atoms with Crippen LogP contribution in [0.5, 0.6) is 0 Å². The molecule has 2 aromatic heterocycles. The van der Waals surface area contributed by atoms with Crippen LogP contribution in [-0.2, 0) is 0 Å². The molecule has 0 amide bonds. The largest absolute Gasteiger partial charge is 0.309 e. The first-order valence-electron chi connectivity index (χ1n) is 15.1. The van der Waals surface area contributed by atoms with E-state index in [0.717, 1.165) is 22.4 Å². The zero-order valence-corrected chi connectivity index (χ0v) is 24.3. The van der Waals surface area contributed by atoms with Crippen molar-refractivity contribution in [2.45, 2.75) is 0 Å². The summed E-state index contributed by atoms with van der Waals surface area (Å²) in [6, 6.07) is 55.2. The Bertz CT molecular complexity index is 2360. The highest BCUT2D eigenvalue weighted by atomic mass is 15.0. The van der Waals surface area contributed by atoms with Crippen molar-refractivity contribution < 1.29 is 0 Å². The lowest BCUT2D eigenvalue weighted by Crippen LogP contribution is -2.00. The SMILES string of the molecule is c1ccc(-c2nc(-c3ccccc3)nc(-c3ccc(-n4c5cc6ccccc6cc5c5cc6ccccc6cc54)cc3)n2)cc1. The van der Waals surface area contributed by atoms with Crippen LogP contribution in [0.4, 0.5) is 0 Å². The van der Waals surface area contributed by atoms with E-state index in [0.29, 0.717) is 17.5 Å². The fraction of sp³-hybridized carbons (Fsp3) is 0. The number of hydrogen-bond acceptors (Lipinski definition) is 3. The van der Waals surface area contributed by atoms with Gasteiger partial charge in [-0.2, -0.15) is 0 Å². The van der Waals surface area contributed by atoms with Gasteiger partial charge in [-0.25, -0.2) is 15.0 Å². The van der Waals surface area contributed by atoms with Gasteiger partial charge in [0.15, 0.2) is 17.5 Å². The normalized spacial score (nSPS) is 11.6. The van der Waals surface area contributed by atoms with Gasteiger partial charge in [0.2, 0.25) is 0 Å². The van der Waals surface area contributed by atoms with E-state index < -0.39 is 0 Å². The van der Waals surface area contributed by atoms with Crippen LogP contribution in [0.2, 0.25) is 0 Å². The number of fused-ring (bicyclic) bond motifs is 5. The van der Waals surface area contributed by atoms with Gasteiger partial charge in [0.05, 0.1) is 11.0 Å². The Morgan fingerprint density at radius 3 is 1.11 bits per heavy atom. The molecule has 210 valence electrons. The summed E-state index contributed by atoms with van der Waals surface area (Å²) < 4.78 is 2.38. The third-order valence-corrected chi connectivity index (χ3v) is 8.58. The van der Waals surface area contributed by atoms with Crippen LogP contribution >= 0.6 is 0 Å². The first kappa shape index (κ1) is 25.4. The molecule has 0 fully saturated rings. The van der Waals surface area contributed by atoms with Gasteiger partial charge in [-0.05, 0) is 70.1 Å². The van der Waals surface area contributed by atoms with Crippen LogP contribution < -0.4 is 0 Å². The summed E-state index contributed by atoms with van der Waals surface area (Å²) in [5, 5.41) is 7.42. The average Bonchev–Trinajstić information content (AvgIpc) is 3.42. The van der Waals surface area contributed by atoms with Crippen LogP contribution in [0.15, 0.2) is 158 Å². The van der Waals surface area contributed by atoms with E-state index in [9.17, 15) is 0 Å². The highest BCUT2D eigenvalue weighted by Crippen LogP contribution is 2.37. The topological polar surface area (TPSA) is 43.6 Å². The zero-order chi connectivity index (χ0) is 29.7. The van der Waals surface area contributed by atoms with Crippen LogP contribution in [0.1, 0.15) is 0 Å². The summed E-state index contributed by atoms with van der Waals surface area (Å²) in [7, 11) is 0. The Morgan fingerprint density at radius 2 is 0.689 bits per heavy atom. The summed E-state index contributed by atoms with van der Waals surface area (Å²) in [6.45, 7) is 0. The first-order chi connectivity index (χ1) is 22.3. The molecular weight excluding hydrogens is 548 g/mol. The number of rotatable bonds is 4. The maximum atomic E-state index is 4.93. The molecule has 0 aliphatic heterocycles. The molecule has 0 bridgehead atoms. The molecule has 9 rings (SSSR count). The molecule has 0 atom stereocenters. The molecule has 0 N–H and O–H groups in total. The summed E-state index contributed by atoms with van der Waals surface area (Å²) >= 11 is 0. The smallest absolute Gasteiger partial charge is 0.164 e. The molecule has 45 heavy (non-hydrogen) atoms. The average molecular weight is 575 g/mol. The number of hydrogen-bond donors (Lipinski definition) is 0. The zero-order valence-electron chi connectivity index (χ0n) is 24.3. The summed E-state index contributed by atoms with van der Waals surface area (Å²) in [4.78, 5) is 14.7. The minimum atomic E-state index is 0.647. The predicted molar refractivity (Wildman–Crippen MR) is 185 cm³/mol. The molecule has 4 heteroatoms. The van der Waals surface area contributed by atoms with E-state index in [1.807, 2.05) is 60.7 Å². The lowest BCUT2D eigenvalue weighted by Gasteiger charge is -2.11. The second-order valence-corrected chi connectivity index (χ2v) is 11.4. The van der Waals surface area contributed by atoms with E-state index in [1.54, 1.807) is 0 Å². The highest BCUT2D eigenvalue weighted by molar-refractivity contribution is 6.16. The van der Waals surface area contributed by atoms with E-state index in [-0.39, 0.29) is 0 Å². The van der Waals surface area contributed by atoms with Crippen molar-refractivity contribution in [3.05, 3.63) is 158 Å². The summed E-state index contributed by atoms with van der Waals surface area (Å²) in [6.07, 6.45) is 0. The van der Waals surface area contributed by atoms with Crippen molar-refractivity contribution >= 4 is 43.4 Å². The van der Waals surface area contributed by atoms with E-state index in [1.165, 1.54) is 43.4 Å². The molecule has 2 heterocycles. The van der Waals surface area contributed by atoms with Crippen molar-refractivity contribution in [1.82, 2.24) is 19.5 Å². The molecule has 0 saturated carbocycles. The lowest BCUT2D eigenvalue weighted by molar-refractivity contribution is 1.07. The van der Waals surface area contributed by atoms with Gasteiger partial charge >= 0.3 is 0 Å². The van der Waals surface area contributed by atoms with Crippen molar-refractivity contribution in [2.75, 3.05) is 0 Å². The number of benzene rings is 7. The van der Waals surface area contributed by atoms with Gasteiger partial charge < -0.3 is 4.57 Å². The molecule has 0 aliphatic carbocycles. The molecular formula is C41H26N4. The first-order valence-corrected chi connectivity index (χ1v) is 15.1. The monoisotopic (exact) mass is 574 g/mol. The van der Waals surface area contributed by atoms with Crippen LogP contribution in [0, 0.1) is 0 Å². The quantitative estimate of drug-likeness (QED) is 0.210. The van der Waals surface area contributed by atoms with Crippen molar-refractivity contribution in [3.8, 4) is 39.9 Å². The number of nitrogens with zero attached hydrogens (tertiary/aromatic N) is 4. The molecule has 0 aliphatic rings. The minimum Gasteiger partial charge on any atom is -0.309 e. The van der Waals surface area contributed by atoms with Crippen LogP contribution in [-0.4, -0.2) is 19.5 Å². The molecule has 4 nitrogen and oxygen atoms in total. The molecule has 0 saturated heterocycles. The van der Waals surface area contributed by atoms with Crippen molar-refractivity contribution in [2.24, 2.45) is 0 Å². The van der Waals surface area contributed by atoms with E-state index >= 15 is 0 Å². The Balaban J connectivity index is 1.23. The van der Waals surface area contributed by atoms with Crippen molar-refractivity contribution in [3.63, 3.8) is 0 Å². The molecule has 9 aromatic rings. The molecule has 0 spiro atoms. The van der Waals surface area contributed by atoms with E-state index in [4.69, 9.17) is 15.0 Å². The Kier molecular flexibility index (Phi) is 5.78. The predicted octanol–water partition coefficient (Wildman–Crippen LogP) is 10.3. The van der Waals surface area contributed by atoms with E-state index in [2.05, 4.69) is 102 Å². The maximum absolute atomic E-state index is 4.93. The van der Waals surface area contributed by atoms with Gasteiger partial charge in [-0.1, -0.05) is 109 Å². The van der Waals surface area contributed by atoms with Gasteiger partial charge in [0.1, 0.15) is 0 Å². The third kappa shape index (κ3) is 4.35. The standard InChI is InChI=1S/C41H26N4/c1-3-11-27(12-4-1)39-42-40(28-13-5-2-6-14-28)44-41(43-39)29-19-21-34(22-20-29)45-37-25-32-17-9-7-15-30(32)23-35(37)36-24-31-16-8-10-18-33(31)26-38(36)45/h1-26H. The second kappa shape index (κ2) is 10.2. The Labute approximate surface area is 259 Å². The van der Waals surface area contributed by atoms with Gasteiger partial charge in [-0.15, -0.1) is 0 Å². The summed E-state index contributed by atoms with van der Waals surface area (Å²) in [5.41, 5.74) is 6.31. The fourth-order valence-corrected chi connectivity index (χ4v) is 6.36. The van der Waals surface area contributed by atoms with Gasteiger partial charge in [0, 0.05) is 33.2 Å². The second-order valence-electron chi connectivity index (χ2n) is 11.4. The van der Waals surface area contributed by atoms with Crippen molar-refractivity contribution in [1.29, 1.82) is 0 Å². The Morgan fingerprint density at radius 1 is 0.333 bits per heavy atom.